The van der Waals surface area contributed by atoms with Gasteiger partial charge in [-0.05, 0) is 55.1 Å². The van der Waals surface area contributed by atoms with Crippen molar-refractivity contribution in [1.82, 2.24) is 20.1 Å². The van der Waals surface area contributed by atoms with Gasteiger partial charge >= 0.3 is 0 Å². The first kappa shape index (κ1) is 17.4. The minimum Gasteiger partial charge on any atom is -0.341 e. The van der Waals surface area contributed by atoms with Gasteiger partial charge < -0.3 is 5.32 Å². The van der Waals surface area contributed by atoms with E-state index in [2.05, 4.69) is 39.1 Å². The lowest BCUT2D eigenvalue weighted by Crippen LogP contribution is -2.31. The molecule has 1 fully saturated rings. The summed E-state index contributed by atoms with van der Waals surface area (Å²) < 4.78 is 1.70. The fourth-order valence-electron chi connectivity index (χ4n) is 3.00. The molecular weight excluding hydrogens is 364 g/mol. The summed E-state index contributed by atoms with van der Waals surface area (Å²) >= 11 is 3.33. The number of nitrogens with zero attached hydrogens (tertiary/aromatic N) is 3. The third-order valence-corrected chi connectivity index (χ3v) is 6.71. The van der Waals surface area contributed by atoms with Crippen LogP contribution in [-0.2, 0) is 13.5 Å². The fraction of sp³-hybridized carbons (Fsp3) is 0.421. The first-order valence-electron chi connectivity index (χ1n) is 8.81. The Bertz CT molecular complexity index is 902. The van der Waals surface area contributed by atoms with Crippen LogP contribution in [0.5, 0.6) is 0 Å². The number of aromatic nitrogens is 3. The van der Waals surface area contributed by atoms with Crippen molar-refractivity contribution in [3.05, 3.63) is 55.4 Å². The van der Waals surface area contributed by atoms with E-state index in [-0.39, 0.29) is 11.9 Å². The van der Waals surface area contributed by atoms with Crippen LogP contribution in [0, 0.1) is 13.8 Å². The molecule has 0 saturated heterocycles. The van der Waals surface area contributed by atoms with Crippen molar-refractivity contribution >= 4 is 28.6 Å². The second-order valence-electron chi connectivity index (χ2n) is 6.91. The molecule has 7 heteroatoms. The van der Waals surface area contributed by atoms with E-state index in [1.807, 2.05) is 20.0 Å². The zero-order valence-electron chi connectivity index (χ0n) is 15.2. The number of rotatable bonds is 6. The van der Waals surface area contributed by atoms with Gasteiger partial charge in [-0.25, -0.2) is 4.98 Å². The Labute approximate surface area is 161 Å². The summed E-state index contributed by atoms with van der Waals surface area (Å²) in [5.41, 5.74) is 3.90. The molecule has 0 bridgehead atoms. The van der Waals surface area contributed by atoms with Crippen LogP contribution in [0.2, 0.25) is 0 Å². The van der Waals surface area contributed by atoms with Crippen LogP contribution >= 0.6 is 22.7 Å². The number of carbonyl (C=O) groups is 1. The summed E-state index contributed by atoms with van der Waals surface area (Å²) in [6.45, 7) is 4.09. The Balaban J connectivity index is 1.58. The van der Waals surface area contributed by atoms with Crippen molar-refractivity contribution in [3.63, 3.8) is 0 Å². The van der Waals surface area contributed by atoms with Crippen molar-refractivity contribution in [2.45, 2.75) is 45.1 Å². The average molecular weight is 387 g/mol. The van der Waals surface area contributed by atoms with Crippen LogP contribution in [0.3, 0.4) is 0 Å². The molecule has 0 aromatic carbocycles. The minimum absolute atomic E-state index is 0.0855. The van der Waals surface area contributed by atoms with Gasteiger partial charge in [-0.1, -0.05) is 0 Å². The van der Waals surface area contributed by atoms with Gasteiger partial charge in [0.1, 0.15) is 10.7 Å². The predicted molar refractivity (Wildman–Crippen MR) is 105 cm³/mol. The number of carbonyl (C=O) groups excluding carboxylic acids is 1. The number of thiazole rings is 1. The van der Waals surface area contributed by atoms with Crippen molar-refractivity contribution in [2.24, 2.45) is 7.05 Å². The normalized spacial score (nSPS) is 15.2. The Morgan fingerprint density at radius 1 is 1.42 bits per heavy atom. The van der Waals surface area contributed by atoms with Crippen LogP contribution in [0.15, 0.2) is 22.9 Å². The molecule has 0 aliphatic heterocycles. The molecule has 1 amide bonds. The molecule has 136 valence electrons. The number of hydrogen-bond acceptors (Lipinski definition) is 5. The van der Waals surface area contributed by atoms with Crippen LogP contribution in [0.1, 0.15) is 62.1 Å². The summed E-state index contributed by atoms with van der Waals surface area (Å²) in [6, 6.07) is 3.91. The van der Waals surface area contributed by atoms with Gasteiger partial charge in [-0.15, -0.1) is 11.3 Å². The smallest absolute Gasteiger partial charge is 0.270 e. The predicted octanol–water partition coefficient (Wildman–Crippen LogP) is 4.15. The van der Waals surface area contributed by atoms with Crippen LogP contribution in [0.25, 0.3) is 0 Å². The third kappa shape index (κ3) is 3.59. The summed E-state index contributed by atoms with van der Waals surface area (Å²) in [5.74, 6) is 0.450. The van der Waals surface area contributed by atoms with Gasteiger partial charge in [-0.2, -0.15) is 16.4 Å². The molecule has 1 atom stereocenters. The van der Waals surface area contributed by atoms with Crippen molar-refractivity contribution in [3.8, 4) is 0 Å². The molecule has 4 rings (SSSR count). The van der Waals surface area contributed by atoms with Crippen molar-refractivity contribution in [2.75, 3.05) is 0 Å². The maximum atomic E-state index is 12.9. The second kappa shape index (κ2) is 6.96. The van der Waals surface area contributed by atoms with E-state index in [1.165, 1.54) is 23.3 Å². The molecule has 5 nitrogen and oxygen atoms in total. The van der Waals surface area contributed by atoms with E-state index in [9.17, 15) is 4.79 Å². The summed E-state index contributed by atoms with van der Waals surface area (Å²) in [5, 5.41) is 12.9. The number of nitrogens with one attached hydrogen (secondary N) is 1. The van der Waals surface area contributed by atoms with Crippen LogP contribution < -0.4 is 5.32 Å². The topological polar surface area (TPSA) is 59.8 Å². The first-order valence-corrected chi connectivity index (χ1v) is 10.6. The lowest BCUT2D eigenvalue weighted by atomic mass is 10.1. The highest BCUT2D eigenvalue weighted by Gasteiger charge is 2.29. The zero-order valence-corrected chi connectivity index (χ0v) is 16.8. The number of thiophene rings is 1. The highest BCUT2D eigenvalue weighted by atomic mass is 32.1. The maximum absolute atomic E-state index is 12.9. The van der Waals surface area contributed by atoms with Gasteiger partial charge in [0.2, 0.25) is 0 Å². The molecule has 1 saturated carbocycles. The number of hydrogen-bond donors (Lipinski definition) is 1. The minimum atomic E-state index is -0.131. The largest absolute Gasteiger partial charge is 0.341 e. The SMILES string of the molecule is Cc1nc([C@H](Cc2ccsc2)NC(=O)c2cc(C3CC3)nn2C)sc1C. The Morgan fingerprint density at radius 2 is 2.23 bits per heavy atom. The van der Waals surface area contributed by atoms with Gasteiger partial charge in [0.05, 0.1) is 17.4 Å². The monoisotopic (exact) mass is 386 g/mol. The quantitative estimate of drug-likeness (QED) is 0.692. The Morgan fingerprint density at radius 3 is 2.85 bits per heavy atom. The van der Waals surface area contributed by atoms with Crippen molar-refractivity contribution < 1.29 is 4.79 Å². The van der Waals surface area contributed by atoms with E-state index in [4.69, 9.17) is 0 Å². The van der Waals surface area contributed by atoms with Gasteiger partial charge in [-0.3, -0.25) is 9.48 Å². The van der Waals surface area contributed by atoms with Gasteiger partial charge in [0.25, 0.3) is 5.91 Å². The second-order valence-corrected chi connectivity index (χ2v) is 8.92. The average Bonchev–Trinajstić information content (AvgIpc) is 3.02. The molecule has 3 heterocycles. The van der Waals surface area contributed by atoms with Crippen LogP contribution in [-0.4, -0.2) is 20.7 Å². The zero-order chi connectivity index (χ0) is 18.3. The van der Waals surface area contributed by atoms with E-state index in [0.717, 1.165) is 22.8 Å². The van der Waals surface area contributed by atoms with E-state index in [0.29, 0.717) is 11.6 Å². The molecule has 1 aliphatic carbocycles. The molecule has 0 radical (unpaired) electrons. The molecule has 1 aliphatic rings. The standard InChI is InChI=1S/C19H22N4OS2/c1-11-12(2)26-19(20-11)16(8-13-6-7-25-10-13)21-18(24)17-9-15(14-4-5-14)22-23(17)3/h6-7,9-10,14,16H,4-5,8H2,1-3H3,(H,21,24)/t16-/m0/s1. The molecule has 0 spiro atoms. The summed E-state index contributed by atoms with van der Waals surface area (Å²) in [4.78, 5) is 18.8. The van der Waals surface area contributed by atoms with Gasteiger partial charge in [0.15, 0.2) is 0 Å². The lowest BCUT2D eigenvalue weighted by molar-refractivity contribution is 0.0927. The van der Waals surface area contributed by atoms with E-state index >= 15 is 0 Å². The Hall–Kier alpha value is -1.99. The number of amides is 1. The van der Waals surface area contributed by atoms with Crippen molar-refractivity contribution in [1.29, 1.82) is 0 Å². The highest BCUT2D eigenvalue weighted by molar-refractivity contribution is 7.11. The lowest BCUT2D eigenvalue weighted by Gasteiger charge is -2.16. The maximum Gasteiger partial charge on any atom is 0.270 e. The molecule has 3 aromatic rings. The van der Waals surface area contributed by atoms with Gasteiger partial charge in [0, 0.05) is 24.3 Å². The Kier molecular flexibility index (Phi) is 4.67. The molecule has 0 unspecified atom stereocenters. The molecule has 3 aromatic heterocycles. The van der Waals surface area contributed by atoms with Crippen LogP contribution in [0.4, 0.5) is 0 Å². The summed E-state index contributed by atoms with van der Waals surface area (Å²) in [6.07, 6.45) is 3.10. The first-order chi connectivity index (χ1) is 12.5. The fourth-order valence-corrected chi connectivity index (χ4v) is 4.66. The molecule has 1 N–H and O–H groups in total. The molecule has 26 heavy (non-hydrogen) atoms. The highest BCUT2D eigenvalue weighted by Crippen LogP contribution is 2.39. The summed E-state index contributed by atoms with van der Waals surface area (Å²) in [7, 11) is 1.84. The number of aryl methyl sites for hydroxylation is 3. The van der Waals surface area contributed by atoms with E-state index < -0.39 is 0 Å². The van der Waals surface area contributed by atoms with E-state index in [1.54, 1.807) is 27.4 Å². The molecular formula is C19H22N4OS2. The third-order valence-electron chi connectivity index (χ3n) is 4.80.